The van der Waals surface area contributed by atoms with E-state index in [1.54, 1.807) is 0 Å². The lowest BCUT2D eigenvalue weighted by Gasteiger charge is -2.40. The van der Waals surface area contributed by atoms with Crippen molar-refractivity contribution in [2.24, 2.45) is 0 Å². The summed E-state index contributed by atoms with van der Waals surface area (Å²) in [6.07, 6.45) is 0. The maximum atomic E-state index is 7.12. The molecule has 0 saturated heterocycles. The van der Waals surface area contributed by atoms with Gasteiger partial charge in [0.25, 0.3) is 6.71 Å². The molecule has 0 unspecified atom stereocenters. The number of hydrogen-bond donors (Lipinski definition) is 0. The molecule has 0 spiro atoms. The zero-order valence-electron chi connectivity index (χ0n) is 41.3. The summed E-state index contributed by atoms with van der Waals surface area (Å²) in [6.45, 7) is 1.97. The van der Waals surface area contributed by atoms with Crippen molar-refractivity contribution in [3.05, 3.63) is 254 Å². The molecule has 76 heavy (non-hydrogen) atoms. The summed E-state index contributed by atoms with van der Waals surface area (Å²) in [5, 5.41) is 8.86. The van der Waals surface area contributed by atoms with E-state index in [1.165, 1.54) is 21.5 Å². The van der Waals surface area contributed by atoms with Crippen molar-refractivity contribution in [3.8, 4) is 11.5 Å². The van der Waals surface area contributed by atoms with E-state index in [9.17, 15) is 0 Å². The van der Waals surface area contributed by atoms with Crippen LogP contribution in [0.15, 0.2) is 258 Å². The van der Waals surface area contributed by atoms with Gasteiger partial charge in [-0.1, -0.05) is 127 Å². The van der Waals surface area contributed by atoms with Gasteiger partial charge < -0.3 is 28.3 Å². The van der Waals surface area contributed by atoms with Gasteiger partial charge in [0.05, 0.1) is 11.4 Å². The second-order valence-corrected chi connectivity index (χ2v) is 20.1. The van der Waals surface area contributed by atoms with E-state index < -0.39 is 0 Å². The Labute approximate surface area is 438 Å². The summed E-state index contributed by atoms with van der Waals surface area (Å²) >= 11 is 0. The van der Waals surface area contributed by atoms with Crippen LogP contribution in [0.25, 0.3) is 65.4 Å². The molecule has 0 aliphatic carbocycles. The SMILES string of the molecule is Cc1cc2c3c(c1)N(c1ccccc1)c1cc4c(cc1B3c1cc3oc5cc(N(c6ccccc6)c6cccc7ccccc67)ccc5c3cc1O2)oc1cc(N(c2ccccc2)c2cccc3ccccc23)ccc14. The molecule has 356 valence electrons. The molecule has 6 nitrogen and oxygen atoms in total. The highest BCUT2D eigenvalue weighted by molar-refractivity contribution is 6.99. The molecule has 0 fully saturated rings. The van der Waals surface area contributed by atoms with Gasteiger partial charge >= 0.3 is 0 Å². The van der Waals surface area contributed by atoms with Crippen LogP contribution in [0.5, 0.6) is 11.5 Å². The second kappa shape index (κ2) is 16.5. The summed E-state index contributed by atoms with van der Waals surface area (Å²) in [5.74, 6) is 1.67. The minimum absolute atomic E-state index is 0.189. The van der Waals surface area contributed by atoms with Crippen molar-refractivity contribution in [3.63, 3.8) is 0 Å². The Balaban J connectivity index is 0.879. The fraction of sp³-hybridized carbons (Fsp3) is 0.0145. The van der Waals surface area contributed by atoms with Crippen molar-refractivity contribution in [2.45, 2.75) is 6.92 Å². The summed E-state index contributed by atoms with van der Waals surface area (Å²) in [5.41, 5.74) is 17.3. The van der Waals surface area contributed by atoms with E-state index in [-0.39, 0.29) is 6.71 Å². The molecular formula is C69H44BN3O3. The van der Waals surface area contributed by atoms with Crippen LogP contribution in [0.1, 0.15) is 5.56 Å². The van der Waals surface area contributed by atoms with Gasteiger partial charge in [-0.2, -0.15) is 0 Å². The van der Waals surface area contributed by atoms with Crippen LogP contribution in [0.3, 0.4) is 0 Å². The number of aryl methyl sites for hydroxylation is 1. The zero-order valence-corrected chi connectivity index (χ0v) is 41.3. The van der Waals surface area contributed by atoms with E-state index in [4.69, 9.17) is 13.6 Å². The highest BCUT2D eigenvalue weighted by Crippen LogP contribution is 2.47. The van der Waals surface area contributed by atoms with Crippen molar-refractivity contribution >= 4 is 140 Å². The molecule has 16 rings (SSSR count). The molecule has 14 aromatic rings. The Bertz CT molecular complexity index is 4660. The number of furan rings is 2. The molecule has 7 heteroatoms. The summed E-state index contributed by atoms with van der Waals surface area (Å²) in [6, 6.07) is 88.8. The molecule has 0 amide bonds. The molecule has 2 aliphatic heterocycles. The van der Waals surface area contributed by atoms with Crippen LogP contribution in [-0.2, 0) is 0 Å². The molecule has 0 radical (unpaired) electrons. The first-order valence-corrected chi connectivity index (χ1v) is 25.9. The molecule has 2 aliphatic rings. The Morgan fingerprint density at radius 2 is 0.855 bits per heavy atom. The second-order valence-electron chi connectivity index (χ2n) is 20.1. The average molecular weight is 974 g/mol. The minimum atomic E-state index is -0.189. The number of benzene rings is 12. The summed E-state index contributed by atoms with van der Waals surface area (Å²) in [4.78, 5) is 7.07. The molecule has 4 heterocycles. The highest BCUT2D eigenvalue weighted by Gasteiger charge is 2.43. The fourth-order valence-electron chi connectivity index (χ4n) is 12.3. The number of para-hydroxylation sites is 3. The third-order valence-corrected chi connectivity index (χ3v) is 15.6. The lowest BCUT2D eigenvalue weighted by Crippen LogP contribution is -2.59. The van der Waals surface area contributed by atoms with Crippen LogP contribution in [0.2, 0.25) is 0 Å². The van der Waals surface area contributed by atoms with E-state index in [0.29, 0.717) is 0 Å². The van der Waals surface area contributed by atoms with Gasteiger partial charge in [-0.25, -0.2) is 0 Å². The van der Waals surface area contributed by atoms with E-state index >= 15 is 0 Å². The molecule has 12 aromatic carbocycles. The van der Waals surface area contributed by atoms with Crippen LogP contribution in [-0.4, -0.2) is 6.71 Å². The first-order chi connectivity index (χ1) is 37.6. The number of anilines is 9. The molecule has 0 atom stereocenters. The van der Waals surface area contributed by atoms with Gasteiger partial charge in [-0.05, 0) is 149 Å². The predicted octanol–water partition coefficient (Wildman–Crippen LogP) is 17.4. The van der Waals surface area contributed by atoms with Gasteiger partial charge in [-0.15, -0.1) is 0 Å². The zero-order chi connectivity index (χ0) is 50.0. The quantitative estimate of drug-likeness (QED) is 0.148. The topological polar surface area (TPSA) is 45.2 Å². The summed E-state index contributed by atoms with van der Waals surface area (Å²) in [7, 11) is 0. The fourth-order valence-corrected chi connectivity index (χ4v) is 12.3. The third-order valence-electron chi connectivity index (χ3n) is 15.6. The molecule has 0 bridgehead atoms. The largest absolute Gasteiger partial charge is 0.458 e. The Morgan fingerprint density at radius 3 is 1.45 bits per heavy atom. The van der Waals surface area contributed by atoms with Crippen molar-refractivity contribution in [2.75, 3.05) is 14.7 Å². The highest BCUT2D eigenvalue weighted by atomic mass is 16.5. The smallest absolute Gasteiger partial charge is 0.256 e. The monoisotopic (exact) mass is 973 g/mol. The van der Waals surface area contributed by atoms with E-state index in [0.717, 1.165) is 129 Å². The molecule has 0 saturated carbocycles. The molecule has 0 N–H and O–H groups in total. The first-order valence-electron chi connectivity index (χ1n) is 25.9. The maximum Gasteiger partial charge on any atom is 0.256 e. The standard InChI is InChI=1S/C69H44BN3O3/c1-43-35-62-69-68(36-43)76-67-40-56-54-34-32-50(72(47-23-7-3-8-24-47)60-30-16-20-45-18-12-14-28-52(45)60)38-64(54)75-66(56)42-58(67)70(69)57-41-65-55(39-61(57)73(62)48-25-9-4-10-26-48)53-33-31-49(37-63(53)74-65)71(46-21-5-2-6-22-46)59-29-15-19-44-17-11-13-27-51(44)59/h2-42H,1H3. The van der Waals surface area contributed by atoms with Crippen LogP contribution in [0, 0.1) is 6.92 Å². The van der Waals surface area contributed by atoms with Crippen molar-refractivity contribution in [1.29, 1.82) is 0 Å². The van der Waals surface area contributed by atoms with Crippen LogP contribution in [0.4, 0.5) is 51.2 Å². The predicted molar refractivity (Wildman–Crippen MR) is 316 cm³/mol. The lowest BCUT2D eigenvalue weighted by atomic mass is 9.34. The third kappa shape index (κ3) is 6.49. The van der Waals surface area contributed by atoms with Crippen LogP contribution < -0.4 is 35.8 Å². The van der Waals surface area contributed by atoms with Gasteiger partial charge in [0.15, 0.2) is 0 Å². The molecular weight excluding hydrogens is 930 g/mol. The van der Waals surface area contributed by atoms with Gasteiger partial charge in [-0.3, -0.25) is 0 Å². The number of fused-ring (bicyclic) bond motifs is 12. The summed E-state index contributed by atoms with van der Waals surface area (Å²) < 4.78 is 21.2. The Morgan fingerprint density at radius 1 is 0.355 bits per heavy atom. The van der Waals surface area contributed by atoms with E-state index in [2.05, 4.69) is 270 Å². The lowest BCUT2D eigenvalue weighted by molar-refractivity contribution is 0.487. The number of ether oxygens (including phenoxy) is 1. The van der Waals surface area contributed by atoms with Crippen molar-refractivity contribution < 1.29 is 13.6 Å². The Hall–Kier alpha value is -9.98. The normalized spacial score (nSPS) is 12.6. The van der Waals surface area contributed by atoms with Crippen LogP contribution >= 0.6 is 0 Å². The Kier molecular flexibility index (Phi) is 9.24. The number of nitrogens with zero attached hydrogens (tertiary/aromatic N) is 3. The van der Waals surface area contributed by atoms with Gasteiger partial charge in [0.2, 0.25) is 0 Å². The van der Waals surface area contributed by atoms with Gasteiger partial charge in [0, 0.05) is 84.3 Å². The molecule has 2 aromatic heterocycles. The number of hydrogen-bond acceptors (Lipinski definition) is 6. The minimum Gasteiger partial charge on any atom is -0.458 e. The number of rotatable bonds is 7. The first kappa shape index (κ1) is 42.5. The average Bonchev–Trinajstić information content (AvgIpc) is 4.15. The van der Waals surface area contributed by atoms with Crippen molar-refractivity contribution in [1.82, 2.24) is 0 Å². The van der Waals surface area contributed by atoms with E-state index in [1.807, 2.05) is 0 Å². The van der Waals surface area contributed by atoms with Gasteiger partial charge in [0.1, 0.15) is 33.8 Å². The maximum absolute atomic E-state index is 7.12.